The summed E-state index contributed by atoms with van der Waals surface area (Å²) in [6.07, 6.45) is 3.16. The molecular weight excluding hydrogens is 304 g/mol. The van der Waals surface area contributed by atoms with Crippen molar-refractivity contribution in [3.8, 4) is 0 Å². The Labute approximate surface area is 131 Å². The number of nitrogens with zero attached hydrogens (tertiary/aromatic N) is 1. The van der Waals surface area contributed by atoms with Gasteiger partial charge < -0.3 is 14.3 Å². The molecular formula is C16H13ClN2O3. The molecule has 3 aromatic rings. The van der Waals surface area contributed by atoms with Crippen LogP contribution in [-0.2, 0) is 6.54 Å². The van der Waals surface area contributed by atoms with Crippen LogP contribution >= 0.6 is 11.6 Å². The van der Waals surface area contributed by atoms with Crippen molar-refractivity contribution in [3.05, 3.63) is 69.8 Å². The van der Waals surface area contributed by atoms with Crippen LogP contribution in [0.5, 0.6) is 0 Å². The second-order valence-corrected chi connectivity index (χ2v) is 5.16. The first-order chi connectivity index (χ1) is 10.7. The topological polar surface area (TPSA) is 64.2 Å². The van der Waals surface area contributed by atoms with Crippen molar-refractivity contribution in [2.24, 2.45) is 0 Å². The van der Waals surface area contributed by atoms with Crippen LogP contribution in [0.3, 0.4) is 0 Å². The number of benzene rings is 1. The van der Waals surface area contributed by atoms with Crippen LogP contribution in [0.4, 0.5) is 0 Å². The number of halogens is 1. The van der Waals surface area contributed by atoms with Gasteiger partial charge in [0.05, 0.1) is 16.8 Å². The van der Waals surface area contributed by atoms with Gasteiger partial charge in [0.2, 0.25) is 0 Å². The van der Waals surface area contributed by atoms with E-state index in [-0.39, 0.29) is 11.5 Å². The monoisotopic (exact) mass is 316 g/mol. The van der Waals surface area contributed by atoms with Crippen LogP contribution in [0, 0.1) is 0 Å². The van der Waals surface area contributed by atoms with E-state index in [2.05, 4.69) is 5.32 Å². The van der Waals surface area contributed by atoms with E-state index in [1.807, 2.05) is 0 Å². The Balaban J connectivity index is 1.67. The SMILES string of the molecule is O=C(NCCn1ccc2ccoc2c1=O)c1ccccc1Cl. The number of amides is 1. The van der Waals surface area contributed by atoms with Crippen molar-refractivity contribution in [1.82, 2.24) is 9.88 Å². The number of pyridine rings is 1. The number of hydrogen-bond acceptors (Lipinski definition) is 3. The molecule has 5 nitrogen and oxygen atoms in total. The lowest BCUT2D eigenvalue weighted by Crippen LogP contribution is -2.30. The van der Waals surface area contributed by atoms with E-state index in [0.717, 1.165) is 5.39 Å². The maximum atomic E-state index is 12.1. The van der Waals surface area contributed by atoms with Gasteiger partial charge in [-0.1, -0.05) is 23.7 Å². The normalized spacial score (nSPS) is 10.8. The molecule has 2 aromatic heterocycles. The Morgan fingerprint density at radius 1 is 1.23 bits per heavy atom. The van der Waals surface area contributed by atoms with Gasteiger partial charge in [-0.05, 0) is 24.3 Å². The summed E-state index contributed by atoms with van der Waals surface area (Å²) in [5.41, 5.74) is 0.521. The lowest BCUT2D eigenvalue weighted by atomic mass is 10.2. The molecule has 0 saturated carbocycles. The smallest absolute Gasteiger partial charge is 0.294 e. The first-order valence-corrected chi connectivity index (χ1v) is 7.14. The van der Waals surface area contributed by atoms with E-state index >= 15 is 0 Å². The van der Waals surface area contributed by atoms with Crippen LogP contribution in [0.2, 0.25) is 5.02 Å². The van der Waals surface area contributed by atoms with E-state index in [9.17, 15) is 9.59 Å². The standard InChI is InChI=1S/C16H13ClN2O3/c17-13-4-2-1-3-12(13)15(20)18-7-9-19-8-5-11-6-10-22-14(11)16(19)21/h1-6,8,10H,7,9H2,(H,18,20). The van der Waals surface area contributed by atoms with Gasteiger partial charge in [0.25, 0.3) is 11.5 Å². The average molecular weight is 317 g/mol. The summed E-state index contributed by atoms with van der Waals surface area (Å²) in [5.74, 6) is -0.266. The molecule has 1 N–H and O–H groups in total. The van der Waals surface area contributed by atoms with Crippen molar-refractivity contribution < 1.29 is 9.21 Å². The number of fused-ring (bicyclic) bond motifs is 1. The fourth-order valence-electron chi connectivity index (χ4n) is 2.20. The van der Waals surface area contributed by atoms with Crippen molar-refractivity contribution in [2.45, 2.75) is 6.54 Å². The number of carbonyl (C=O) groups is 1. The maximum Gasteiger partial charge on any atom is 0.294 e. The number of carbonyl (C=O) groups excluding carboxylic acids is 1. The molecule has 0 bridgehead atoms. The predicted octanol–water partition coefficient (Wildman–Crippen LogP) is 2.68. The summed E-state index contributed by atoms with van der Waals surface area (Å²) < 4.78 is 6.66. The van der Waals surface area contributed by atoms with Gasteiger partial charge in [0.1, 0.15) is 0 Å². The van der Waals surface area contributed by atoms with Crippen molar-refractivity contribution in [2.75, 3.05) is 6.54 Å². The molecule has 0 aliphatic heterocycles. The maximum absolute atomic E-state index is 12.1. The third kappa shape index (κ3) is 2.76. The summed E-state index contributed by atoms with van der Waals surface area (Å²) in [6, 6.07) is 10.4. The number of nitrogens with one attached hydrogen (secondary N) is 1. The highest BCUT2D eigenvalue weighted by atomic mass is 35.5. The van der Waals surface area contributed by atoms with Gasteiger partial charge in [-0.3, -0.25) is 9.59 Å². The van der Waals surface area contributed by atoms with Gasteiger partial charge in [-0.2, -0.15) is 0 Å². The minimum Gasteiger partial charge on any atom is -0.459 e. The molecule has 1 amide bonds. The van der Waals surface area contributed by atoms with E-state index in [4.69, 9.17) is 16.0 Å². The van der Waals surface area contributed by atoms with E-state index < -0.39 is 0 Å². The van der Waals surface area contributed by atoms with Crippen LogP contribution in [0.15, 0.2) is 58.1 Å². The largest absolute Gasteiger partial charge is 0.459 e. The van der Waals surface area contributed by atoms with Gasteiger partial charge in [-0.15, -0.1) is 0 Å². The van der Waals surface area contributed by atoms with Crippen LogP contribution in [0.25, 0.3) is 11.0 Å². The van der Waals surface area contributed by atoms with Gasteiger partial charge in [-0.25, -0.2) is 0 Å². The molecule has 0 aliphatic carbocycles. The molecule has 2 heterocycles. The van der Waals surface area contributed by atoms with Gasteiger partial charge in [0, 0.05) is 24.7 Å². The summed E-state index contributed by atoms with van der Waals surface area (Å²) >= 11 is 5.96. The summed E-state index contributed by atoms with van der Waals surface area (Å²) in [4.78, 5) is 24.1. The molecule has 0 fully saturated rings. The molecule has 3 rings (SSSR count). The number of aromatic nitrogens is 1. The van der Waals surface area contributed by atoms with Crippen LogP contribution in [-0.4, -0.2) is 17.0 Å². The lowest BCUT2D eigenvalue weighted by molar-refractivity contribution is 0.0952. The van der Waals surface area contributed by atoms with Crippen LogP contribution in [0.1, 0.15) is 10.4 Å². The summed E-state index contributed by atoms with van der Waals surface area (Å²) in [6.45, 7) is 0.668. The highest BCUT2D eigenvalue weighted by Crippen LogP contribution is 2.14. The molecule has 0 spiro atoms. The third-order valence-electron chi connectivity index (χ3n) is 3.34. The zero-order valence-corrected chi connectivity index (χ0v) is 12.3. The zero-order valence-electron chi connectivity index (χ0n) is 11.6. The number of hydrogen-bond donors (Lipinski definition) is 1. The molecule has 1 aromatic carbocycles. The van der Waals surface area contributed by atoms with E-state index in [1.54, 1.807) is 42.6 Å². The second kappa shape index (κ2) is 6.07. The second-order valence-electron chi connectivity index (χ2n) is 4.76. The highest BCUT2D eigenvalue weighted by Gasteiger charge is 2.09. The Morgan fingerprint density at radius 3 is 2.86 bits per heavy atom. The van der Waals surface area contributed by atoms with Crippen molar-refractivity contribution in [3.63, 3.8) is 0 Å². The number of furan rings is 1. The minimum absolute atomic E-state index is 0.213. The zero-order chi connectivity index (χ0) is 15.5. The molecule has 112 valence electrons. The summed E-state index contributed by atoms with van der Waals surface area (Å²) in [7, 11) is 0. The fourth-order valence-corrected chi connectivity index (χ4v) is 2.42. The molecule has 6 heteroatoms. The molecule has 0 aliphatic rings. The molecule has 0 radical (unpaired) electrons. The Bertz CT molecular complexity index is 882. The highest BCUT2D eigenvalue weighted by molar-refractivity contribution is 6.33. The Morgan fingerprint density at radius 2 is 2.05 bits per heavy atom. The molecule has 22 heavy (non-hydrogen) atoms. The quantitative estimate of drug-likeness (QED) is 0.805. The molecule has 0 unspecified atom stereocenters. The van der Waals surface area contributed by atoms with Gasteiger partial charge in [0.15, 0.2) is 5.58 Å². The first-order valence-electron chi connectivity index (χ1n) is 6.76. The molecule has 0 atom stereocenters. The van der Waals surface area contributed by atoms with E-state index in [0.29, 0.717) is 29.3 Å². The van der Waals surface area contributed by atoms with Crippen molar-refractivity contribution in [1.29, 1.82) is 0 Å². The molecule has 0 saturated heterocycles. The predicted molar refractivity (Wildman–Crippen MR) is 84.3 cm³/mol. The van der Waals surface area contributed by atoms with Crippen molar-refractivity contribution >= 4 is 28.5 Å². The first kappa shape index (κ1) is 14.4. The summed E-state index contributed by atoms with van der Waals surface area (Å²) in [5, 5.41) is 3.91. The average Bonchev–Trinajstić information content (AvgIpc) is 2.99. The minimum atomic E-state index is -0.266. The number of rotatable bonds is 4. The van der Waals surface area contributed by atoms with Crippen LogP contribution < -0.4 is 10.9 Å². The van der Waals surface area contributed by atoms with Gasteiger partial charge >= 0.3 is 0 Å². The Hall–Kier alpha value is -2.53. The Kier molecular flexibility index (Phi) is 3.98. The lowest BCUT2D eigenvalue weighted by Gasteiger charge is -2.08. The fraction of sp³-hybridized carbons (Fsp3) is 0.125. The third-order valence-corrected chi connectivity index (χ3v) is 3.67. The van der Waals surface area contributed by atoms with E-state index in [1.165, 1.54) is 10.8 Å².